The van der Waals surface area contributed by atoms with Gasteiger partial charge in [0.1, 0.15) is 5.75 Å². The summed E-state index contributed by atoms with van der Waals surface area (Å²) in [6.07, 6.45) is 7.53. The molecule has 3 nitrogen and oxygen atoms in total. The van der Waals surface area contributed by atoms with Crippen LogP contribution in [0.1, 0.15) is 82.9 Å². The molecule has 0 aliphatic heterocycles. The molecule has 1 N–H and O–H groups in total. The van der Waals surface area contributed by atoms with Crippen LogP contribution in [0, 0.1) is 0 Å². The Hall–Kier alpha value is -1.06. The molecule has 1 saturated carbocycles. The minimum atomic E-state index is -0.000599. The summed E-state index contributed by atoms with van der Waals surface area (Å²) in [6.45, 7) is 9.92. The molecule has 0 amide bonds. The van der Waals surface area contributed by atoms with Crippen molar-refractivity contribution in [2.75, 3.05) is 6.61 Å². The van der Waals surface area contributed by atoms with Crippen LogP contribution >= 0.6 is 0 Å². The van der Waals surface area contributed by atoms with Gasteiger partial charge in [0, 0.05) is 11.1 Å². The number of hydrogen-bond acceptors (Lipinski definition) is 3. The third-order valence-electron chi connectivity index (χ3n) is 4.76. The lowest BCUT2D eigenvalue weighted by atomic mass is 9.84. The molecule has 136 valence electrons. The van der Waals surface area contributed by atoms with Crippen molar-refractivity contribution in [1.82, 2.24) is 0 Å². The molecular weight excluding hydrogens is 300 g/mol. The monoisotopic (exact) mass is 334 g/mol. The van der Waals surface area contributed by atoms with Crippen molar-refractivity contribution in [2.24, 2.45) is 0 Å². The molecule has 24 heavy (non-hydrogen) atoms. The van der Waals surface area contributed by atoms with Gasteiger partial charge in [0.15, 0.2) is 0 Å². The molecule has 1 aromatic rings. The van der Waals surface area contributed by atoms with Gasteiger partial charge in [0.2, 0.25) is 0 Å². The van der Waals surface area contributed by atoms with E-state index >= 15 is 0 Å². The zero-order valence-electron chi connectivity index (χ0n) is 15.9. The molecule has 3 heteroatoms. The molecule has 1 aliphatic carbocycles. The highest BCUT2D eigenvalue weighted by molar-refractivity contribution is 5.46. The van der Waals surface area contributed by atoms with Gasteiger partial charge in [0.05, 0.1) is 25.9 Å². The van der Waals surface area contributed by atoms with E-state index in [0.717, 1.165) is 36.1 Å². The average Bonchev–Trinajstić information content (AvgIpc) is 2.57. The highest BCUT2D eigenvalue weighted by Crippen LogP contribution is 2.33. The number of rotatable bonds is 7. The number of aliphatic hydroxyl groups excluding tert-OH is 1. The van der Waals surface area contributed by atoms with Gasteiger partial charge in [-0.15, -0.1) is 0 Å². The Morgan fingerprint density at radius 3 is 2.33 bits per heavy atom. The maximum atomic E-state index is 9.83. The Balaban J connectivity index is 2.25. The van der Waals surface area contributed by atoms with Gasteiger partial charge >= 0.3 is 0 Å². The highest BCUT2D eigenvalue weighted by Gasteiger charge is 2.21. The highest BCUT2D eigenvalue weighted by atomic mass is 16.5. The van der Waals surface area contributed by atoms with E-state index in [4.69, 9.17) is 9.47 Å². The molecule has 0 saturated heterocycles. The molecule has 0 spiro atoms. The van der Waals surface area contributed by atoms with Crippen LogP contribution in [0.3, 0.4) is 0 Å². The Kier molecular flexibility index (Phi) is 7.12. The summed E-state index contributed by atoms with van der Waals surface area (Å²) in [5, 5.41) is 9.83. The van der Waals surface area contributed by atoms with Gasteiger partial charge in [-0.05, 0) is 42.4 Å². The molecule has 0 heterocycles. The summed E-state index contributed by atoms with van der Waals surface area (Å²) in [7, 11) is 0. The predicted octanol–water partition coefficient (Wildman–Crippen LogP) is 5.11. The first-order valence-electron chi connectivity index (χ1n) is 9.47. The first-order valence-corrected chi connectivity index (χ1v) is 9.47. The zero-order chi connectivity index (χ0) is 17.6. The van der Waals surface area contributed by atoms with Crippen molar-refractivity contribution in [3.8, 4) is 5.75 Å². The summed E-state index contributed by atoms with van der Waals surface area (Å²) in [4.78, 5) is 0. The van der Waals surface area contributed by atoms with E-state index in [1.807, 2.05) is 0 Å². The topological polar surface area (TPSA) is 38.7 Å². The van der Waals surface area contributed by atoms with Crippen molar-refractivity contribution in [1.29, 1.82) is 0 Å². The van der Waals surface area contributed by atoms with Crippen molar-refractivity contribution < 1.29 is 14.6 Å². The van der Waals surface area contributed by atoms with Crippen LogP contribution in [-0.4, -0.2) is 17.8 Å². The number of aliphatic hydroxyl groups is 1. The fourth-order valence-electron chi connectivity index (χ4n) is 3.24. The summed E-state index contributed by atoms with van der Waals surface area (Å²) >= 11 is 0. The van der Waals surface area contributed by atoms with E-state index in [0.29, 0.717) is 19.3 Å². The van der Waals surface area contributed by atoms with Crippen molar-refractivity contribution in [3.63, 3.8) is 0 Å². The summed E-state index contributed by atoms with van der Waals surface area (Å²) in [5.41, 5.74) is 3.20. The van der Waals surface area contributed by atoms with Crippen LogP contribution in [0.4, 0.5) is 0 Å². The Bertz CT molecular complexity index is 511. The van der Waals surface area contributed by atoms with Gasteiger partial charge in [-0.1, -0.05) is 47.0 Å². The summed E-state index contributed by atoms with van der Waals surface area (Å²) in [6, 6.07) is 4.28. The lowest BCUT2D eigenvalue weighted by molar-refractivity contribution is 0.0157. The van der Waals surface area contributed by atoms with Gasteiger partial charge < -0.3 is 14.6 Å². The third kappa shape index (κ3) is 5.22. The van der Waals surface area contributed by atoms with E-state index < -0.39 is 0 Å². The molecule has 2 rings (SSSR count). The third-order valence-corrected chi connectivity index (χ3v) is 4.76. The fraction of sp³-hybridized carbons (Fsp3) is 0.714. The second kappa shape index (κ2) is 8.87. The molecule has 0 bridgehead atoms. The van der Waals surface area contributed by atoms with Crippen LogP contribution in [-0.2, 0) is 23.4 Å². The minimum absolute atomic E-state index is 0.000599. The lowest BCUT2D eigenvalue weighted by Gasteiger charge is -2.26. The number of ether oxygens (including phenoxy) is 2. The fourth-order valence-corrected chi connectivity index (χ4v) is 3.24. The normalized spacial score (nSPS) is 16.4. The van der Waals surface area contributed by atoms with Crippen LogP contribution in [0.2, 0.25) is 0 Å². The SMILES string of the molecule is CCCOc1c(CO)cc(C(C)(C)C)cc1COC1CCCCC1. The molecule has 1 aromatic carbocycles. The predicted molar refractivity (Wildman–Crippen MR) is 98.5 cm³/mol. The molecule has 0 atom stereocenters. The average molecular weight is 335 g/mol. The van der Waals surface area contributed by atoms with Crippen LogP contribution < -0.4 is 4.74 Å². The maximum absolute atomic E-state index is 9.83. The van der Waals surface area contributed by atoms with Crippen LogP contribution in [0.25, 0.3) is 0 Å². The van der Waals surface area contributed by atoms with Crippen molar-refractivity contribution in [3.05, 3.63) is 28.8 Å². The number of benzene rings is 1. The molecule has 0 unspecified atom stereocenters. The summed E-state index contributed by atoms with van der Waals surface area (Å²) < 4.78 is 12.2. The standard InChI is InChI=1S/C21H34O3/c1-5-11-23-20-16(14-22)12-18(21(2,3)4)13-17(20)15-24-19-9-7-6-8-10-19/h12-13,19,22H,5-11,14-15H2,1-4H3. The zero-order valence-corrected chi connectivity index (χ0v) is 15.9. The molecule has 0 radical (unpaired) electrons. The second-order valence-corrected chi connectivity index (χ2v) is 7.95. The Morgan fingerprint density at radius 2 is 1.75 bits per heavy atom. The molecular formula is C21H34O3. The van der Waals surface area contributed by atoms with E-state index in [1.165, 1.54) is 24.8 Å². The molecule has 1 fully saturated rings. The first-order chi connectivity index (χ1) is 11.5. The van der Waals surface area contributed by atoms with Gasteiger partial charge in [-0.3, -0.25) is 0 Å². The molecule has 0 aromatic heterocycles. The van der Waals surface area contributed by atoms with E-state index in [9.17, 15) is 5.11 Å². The van der Waals surface area contributed by atoms with E-state index in [2.05, 4.69) is 39.8 Å². The first kappa shape index (κ1) is 19.3. The molecule has 1 aliphatic rings. The van der Waals surface area contributed by atoms with Gasteiger partial charge in [-0.2, -0.15) is 0 Å². The summed E-state index contributed by atoms with van der Waals surface area (Å²) in [5.74, 6) is 0.822. The largest absolute Gasteiger partial charge is 0.493 e. The maximum Gasteiger partial charge on any atom is 0.130 e. The lowest BCUT2D eigenvalue weighted by Crippen LogP contribution is -2.18. The van der Waals surface area contributed by atoms with Gasteiger partial charge in [0.25, 0.3) is 0 Å². The van der Waals surface area contributed by atoms with E-state index in [-0.39, 0.29) is 12.0 Å². The van der Waals surface area contributed by atoms with Crippen LogP contribution in [0.5, 0.6) is 5.75 Å². The van der Waals surface area contributed by atoms with Crippen LogP contribution in [0.15, 0.2) is 12.1 Å². The second-order valence-electron chi connectivity index (χ2n) is 7.95. The van der Waals surface area contributed by atoms with Crippen molar-refractivity contribution in [2.45, 2.75) is 91.0 Å². The minimum Gasteiger partial charge on any atom is -0.493 e. The Morgan fingerprint density at radius 1 is 1.08 bits per heavy atom. The Labute approximate surface area is 147 Å². The van der Waals surface area contributed by atoms with Gasteiger partial charge in [-0.25, -0.2) is 0 Å². The smallest absolute Gasteiger partial charge is 0.130 e. The quantitative estimate of drug-likeness (QED) is 0.752. The van der Waals surface area contributed by atoms with Crippen molar-refractivity contribution >= 4 is 0 Å². The van der Waals surface area contributed by atoms with E-state index in [1.54, 1.807) is 0 Å². The number of hydrogen-bond donors (Lipinski definition) is 1.